The van der Waals surface area contributed by atoms with Crippen molar-refractivity contribution in [2.75, 3.05) is 0 Å². The maximum atomic E-state index is 5.77. The Morgan fingerprint density at radius 2 is 1.82 bits per heavy atom. The second-order valence-electron chi connectivity index (χ2n) is 3.00. The van der Waals surface area contributed by atoms with Crippen LogP contribution in [-0.2, 0) is 6.61 Å². The molecule has 1 aromatic heterocycles. The lowest BCUT2D eigenvalue weighted by Gasteiger charge is -2.01. The molecule has 0 saturated carbocycles. The van der Waals surface area contributed by atoms with E-state index in [1.165, 1.54) is 11.3 Å². The molecule has 0 aliphatic rings. The lowest BCUT2D eigenvalue weighted by atomic mass is 10.2. The number of hydrogen-bond donors (Lipinski definition) is 0. The van der Waals surface area contributed by atoms with Crippen molar-refractivity contribution in [1.29, 1.82) is 0 Å². The predicted molar refractivity (Wildman–Crippen MR) is 71.8 cm³/mol. The van der Waals surface area contributed by atoms with E-state index in [-0.39, 0.29) is 0 Å². The predicted octanol–water partition coefficient (Wildman–Crippen LogP) is 4.11. The zero-order chi connectivity index (χ0) is 12.7. The van der Waals surface area contributed by atoms with Gasteiger partial charge in [-0.25, -0.2) is 0 Å². The monoisotopic (exact) mass is 270 g/mol. The highest BCUT2D eigenvalue weighted by Crippen LogP contribution is 2.18. The summed E-state index contributed by atoms with van der Waals surface area (Å²) in [5.41, 5.74) is 1.06. The van der Waals surface area contributed by atoms with Crippen LogP contribution in [0.25, 0.3) is 0 Å². The van der Waals surface area contributed by atoms with Gasteiger partial charge < -0.3 is 4.74 Å². The summed E-state index contributed by atoms with van der Waals surface area (Å²) >= 11 is 7.21. The van der Waals surface area contributed by atoms with E-state index in [0.29, 0.717) is 11.8 Å². The Labute approximate surface area is 110 Å². The van der Waals surface area contributed by atoms with Crippen LogP contribution < -0.4 is 4.74 Å². The summed E-state index contributed by atoms with van der Waals surface area (Å²) in [4.78, 5) is 0. The van der Waals surface area contributed by atoms with Gasteiger partial charge in [-0.05, 0) is 24.6 Å². The van der Waals surface area contributed by atoms with Gasteiger partial charge in [-0.15, -0.1) is 10.2 Å². The third-order valence-corrected chi connectivity index (χ3v) is 2.79. The van der Waals surface area contributed by atoms with Crippen molar-refractivity contribution in [3.05, 3.63) is 39.9 Å². The molecule has 0 amide bonds. The van der Waals surface area contributed by atoms with E-state index in [9.17, 15) is 0 Å². The fourth-order valence-corrected chi connectivity index (χ4v) is 1.72. The molecule has 0 N–H and O–H groups in total. The van der Waals surface area contributed by atoms with Crippen molar-refractivity contribution in [2.24, 2.45) is 0 Å². The molecule has 0 radical (unpaired) electrons. The maximum Gasteiger partial charge on any atom is 0.294 e. The van der Waals surface area contributed by atoms with Crippen LogP contribution in [0.5, 0.6) is 5.19 Å². The molecular weight excluding hydrogens is 256 g/mol. The Kier molecular flexibility index (Phi) is 5.94. The van der Waals surface area contributed by atoms with Crippen molar-refractivity contribution in [3.63, 3.8) is 0 Å². The van der Waals surface area contributed by atoms with Crippen molar-refractivity contribution in [2.45, 2.75) is 27.4 Å². The van der Waals surface area contributed by atoms with Crippen LogP contribution in [0.1, 0.15) is 24.4 Å². The second kappa shape index (κ2) is 7.25. The summed E-state index contributed by atoms with van der Waals surface area (Å²) in [7, 11) is 0. The first kappa shape index (κ1) is 13.9. The van der Waals surface area contributed by atoms with Gasteiger partial charge in [-0.1, -0.05) is 48.9 Å². The number of rotatable bonds is 3. The largest absolute Gasteiger partial charge is 0.464 e. The summed E-state index contributed by atoms with van der Waals surface area (Å²) < 4.78 is 5.45. The normalized spacial score (nSPS) is 9.41. The SMILES string of the molecule is CC.Cc1nnc(OCc2ccc(Cl)cc2)s1. The molecule has 0 spiro atoms. The van der Waals surface area contributed by atoms with E-state index in [2.05, 4.69) is 10.2 Å². The standard InChI is InChI=1S/C10H9ClN2OS.C2H6/c1-7-12-13-10(15-7)14-6-8-2-4-9(11)5-3-8;1-2/h2-5H,6H2,1H3;1-2H3. The first-order valence-electron chi connectivity index (χ1n) is 5.41. The van der Waals surface area contributed by atoms with Gasteiger partial charge in [0, 0.05) is 5.02 Å². The van der Waals surface area contributed by atoms with Gasteiger partial charge in [0.25, 0.3) is 5.19 Å². The Bertz CT molecular complexity index is 442. The lowest BCUT2D eigenvalue weighted by molar-refractivity contribution is 0.302. The molecule has 5 heteroatoms. The van der Waals surface area contributed by atoms with E-state index in [1.54, 1.807) is 0 Å². The second-order valence-corrected chi connectivity index (χ2v) is 4.58. The smallest absolute Gasteiger partial charge is 0.294 e. The topological polar surface area (TPSA) is 35.0 Å². The maximum absolute atomic E-state index is 5.77. The van der Waals surface area contributed by atoms with Crippen molar-refractivity contribution in [3.8, 4) is 5.19 Å². The van der Waals surface area contributed by atoms with Crippen molar-refractivity contribution >= 4 is 22.9 Å². The summed E-state index contributed by atoms with van der Waals surface area (Å²) in [6.07, 6.45) is 0. The number of hydrogen-bond acceptors (Lipinski definition) is 4. The van der Waals surface area contributed by atoms with Crippen molar-refractivity contribution < 1.29 is 4.74 Å². The number of ether oxygens (including phenoxy) is 1. The molecule has 3 nitrogen and oxygen atoms in total. The summed E-state index contributed by atoms with van der Waals surface area (Å²) in [5.74, 6) is 0. The quantitative estimate of drug-likeness (QED) is 0.842. The molecule has 2 aromatic rings. The molecule has 0 bridgehead atoms. The Balaban J connectivity index is 0.000000686. The van der Waals surface area contributed by atoms with Gasteiger partial charge in [0.15, 0.2) is 0 Å². The van der Waals surface area contributed by atoms with Crippen LogP contribution in [0.2, 0.25) is 5.02 Å². The van der Waals surface area contributed by atoms with E-state index in [1.807, 2.05) is 45.0 Å². The van der Waals surface area contributed by atoms with Gasteiger partial charge in [-0.3, -0.25) is 0 Å². The minimum atomic E-state index is 0.492. The van der Waals surface area contributed by atoms with E-state index in [4.69, 9.17) is 16.3 Å². The zero-order valence-electron chi connectivity index (χ0n) is 10.1. The van der Waals surface area contributed by atoms with E-state index < -0.39 is 0 Å². The van der Waals surface area contributed by atoms with Crippen LogP contribution in [0.4, 0.5) is 0 Å². The Morgan fingerprint density at radius 3 is 2.35 bits per heavy atom. The third-order valence-electron chi connectivity index (χ3n) is 1.78. The van der Waals surface area contributed by atoms with Gasteiger partial charge >= 0.3 is 0 Å². The summed E-state index contributed by atoms with van der Waals surface area (Å²) in [5, 5.41) is 9.96. The van der Waals surface area contributed by atoms with Gasteiger partial charge in [-0.2, -0.15) is 0 Å². The third kappa shape index (κ3) is 4.71. The highest BCUT2D eigenvalue weighted by molar-refractivity contribution is 7.12. The van der Waals surface area contributed by atoms with Gasteiger partial charge in [0.1, 0.15) is 11.6 Å². The van der Waals surface area contributed by atoms with E-state index in [0.717, 1.165) is 15.6 Å². The molecule has 0 atom stereocenters. The molecule has 0 unspecified atom stereocenters. The number of aryl methyl sites for hydroxylation is 1. The molecule has 1 aromatic carbocycles. The van der Waals surface area contributed by atoms with Crippen LogP contribution in [-0.4, -0.2) is 10.2 Å². The number of benzene rings is 1. The number of aromatic nitrogens is 2. The molecule has 0 fully saturated rings. The molecule has 92 valence electrons. The Hall–Kier alpha value is -1.13. The summed E-state index contributed by atoms with van der Waals surface area (Å²) in [6.45, 7) is 6.39. The van der Waals surface area contributed by atoms with Crippen molar-refractivity contribution in [1.82, 2.24) is 10.2 Å². The molecule has 0 aliphatic carbocycles. The molecule has 17 heavy (non-hydrogen) atoms. The van der Waals surface area contributed by atoms with Gasteiger partial charge in [0.05, 0.1) is 0 Å². The fourth-order valence-electron chi connectivity index (χ4n) is 1.06. The highest BCUT2D eigenvalue weighted by atomic mass is 35.5. The number of halogens is 1. The van der Waals surface area contributed by atoms with Crippen LogP contribution in [0, 0.1) is 6.92 Å². The number of nitrogens with zero attached hydrogens (tertiary/aromatic N) is 2. The Morgan fingerprint density at radius 1 is 1.18 bits per heavy atom. The average Bonchev–Trinajstić information content (AvgIpc) is 2.77. The average molecular weight is 271 g/mol. The van der Waals surface area contributed by atoms with Crippen LogP contribution >= 0.6 is 22.9 Å². The molecule has 0 saturated heterocycles. The summed E-state index contributed by atoms with van der Waals surface area (Å²) in [6, 6.07) is 7.53. The minimum absolute atomic E-state index is 0.492. The fraction of sp³-hybridized carbons (Fsp3) is 0.333. The van der Waals surface area contributed by atoms with Crippen LogP contribution in [0.15, 0.2) is 24.3 Å². The molecule has 1 heterocycles. The first-order valence-corrected chi connectivity index (χ1v) is 6.61. The first-order chi connectivity index (χ1) is 8.24. The van der Waals surface area contributed by atoms with E-state index >= 15 is 0 Å². The molecule has 0 aliphatic heterocycles. The highest BCUT2D eigenvalue weighted by Gasteiger charge is 2.01. The van der Waals surface area contributed by atoms with Gasteiger partial charge in [0.2, 0.25) is 0 Å². The van der Waals surface area contributed by atoms with Crippen LogP contribution in [0.3, 0.4) is 0 Å². The molecular formula is C12H15ClN2OS. The molecule has 2 rings (SSSR count). The minimum Gasteiger partial charge on any atom is -0.464 e. The lowest BCUT2D eigenvalue weighted by Crippen LogP contribution is -1.94. The zero-order valence-corrected chi connectivity index (χ0v) is 11.7.